The predicted octanol–water partition coefficient (Wildman–Crippen LogP) is 3.99. The lowest BCUT2D eigenvalue weighted by molar-refractivity contribution is -0.139. The van der Waals surface area contributed by atoms with Crippen LogP contribution in [0.1, 0.15) is 51.8 Å². The van der Waals surface area contributed by atoms with Crippen molar-refractivity contribution in [2.45, 2.75) is 46.8 Å². The second-order valence-electron chi connectivity index (χ2n) is 8.85. The highest BCUT2D eigenvalue weighted by Gasteiger charge is 2.35. The minimum absolute atomic E-state index is 0.0993. The zero-order valence-electron chi connectivity index (χ0n) is 22.4. The molecule has 0 N–H and O–H groups in total. The second-order valence-corrected chi connectivity index (χ2v) is 9.86. The Morgan fingerprint density at radius 1 is 1.11 bits per heavy atom. The van der Waals surface area contributed by atoms with Gasteiger partial charge in [-0.2, -0.15) is 0 Å². The number of aromatic nitrogens is 1. The first-order valence-electron chi connectivity index (χ1n) is 12.5. The molecule has 0 saturated carbocycles. The summed E-state index contributed by atoms with van der Waals surface area (Å²) in [5.41, 5.74) is 2.02. The van der Waals surface area contributed by atoms with E-state index in [2.05, 4.69) is 4.99 Å². The van der Waals surface area contributed by atoms with Crippen LogP contribution >= 0.6 is 11.3 Å². The summed E-state index contributed by atoms with van der Waals surface area (Å²) in [5.74, 6) is 1.29. The van der Waals surface area contributed by atoms with Crippen LogP contribution in [0.2, 0.25) is 0 Å². The van der Waals surface area contributed by atoms with E-state index in [1.165, 1.54) is 11.3 Å². The van der Waals surface area contributed by atoms with Crippen LogP contribution < -0.4 is 29.1 Å². The Balaban J connectivity index is 1.94. The molecule has 0 radical (unpaired) electrons. The summed E-state index contributed by atoms with van der Waals surface area (Å²) in [7, 11) is 1.58. The molecule has 3 aromatic rings. The van der Waals surface area contributed by atoms with Gasteiger partial charge in [0.2, 0.25) is 0 Å². The average molecular weight is 537 g/mol. The first-order chi connectivity index (χ1) is 18.3. The Labute approximate surface area is 225 Å². The number of ether oxygens (including phenoxy) is 4. The number of allylic oxidation sites excluding steroid dienone is 1. The molecule has 0 aliphatic carbocycles. The van der Waals surface area contributed by atoms with Crippen LogP contribution in [0.5, 0.6) is 17.2 Å². The standard InChI is InChI=1S/C29H32N2O6S/c1-7-35-23-15-19(13-14-22(23)34-6)16-24-27(32)31-26(20-11-9-10-12-21(20)37-17(3)4)25(28(33)36-8-2)18(5)30-29(31)38-24/h9-17,26H,7-8H2,1-6H3. The van der Waals surface area contributed by atoms with E-state index in [9.17, 15) is 9.59 Å². The first kappa shape index (κ1) is 27.2. The number of rotatable bonds is 9. The maximum atomic E-state index is 13.9. The van der Waals surface area contributed by atoms with Crippen molar-refractivity contribution < 1.29 is 23.7 Å². The van der Waals surface area contributed by atoms with E-state index in [1.807, 2.05) is 57.2 Å². The molecule has 8 nitrogen and oxygen atoms in total. The molecule has 4 rings (SSSR count). The Kier molecular flexibility index (Phi) is 8.36. The van der Waals surface area contributed by atoms with Crippen molar-refractivity contribution in [2.75, 3.05) is 20.3 Å². The number of benzene rings is 2. The van der Waals surface area contributed by atoms with Crippen molar-refractivity contribution in [2.24, 2.45) is 4.99 Å². The molecule has 1 aliphatic rings. The monoisotopic (exact) mass is 536 g/mol. The minimum Gasteiger partial charge on any atom is -0.493 e. The van der Waals surface area contributed by atoms with Crippen LogP contribution in [0, 0.1) is 0 Å². The molecular formula is C29H32N2O6S. The van der Waals surface area contributed by atoms with Gasteiger partial charge in [0, 0.05) is 5.56 Å². The molecule has 9 heteroatoms. The predicted molar refractivity (Wildman–Crippen MR) is 147 cm³/mol. The van der Waals surface area contributed by atoms with Gasteiger partial charge >= 0.3 is 5.97 Å². The number of carbonyl (C=O) groups excluding carboxylic acids is 1. The fourth-order valence-corrected chi connectivity index (χ4v) is 5.40. The van der Waals surface area contributed by atoms with Crippen molar-refractivity contribution in [1.29, 1.82) is 0 Å². The van der Waals surface area contributed by atoms with Gasteiger partial charge in [-0.15, -0.1) is 0 Å². The molecule has 0 bridgehead atoms. The lowest BCUT2D eigenvalue weighted by Gasteiger charge is -2.26. The summed E-state index contributed by atoms with van der Waals surface area (Å²) >= 11 is 1.26. The molecule has 2 aromatic carbocycles. The number of carbonyl (C=O) groups is 1. The molecule has 1 aliphatic heterocycles. The number of hydrogen-bond donors (Lipinski definition) is 0. The van der Waals surface area contributed by atoms with Gasteiger partial charge in [0.05, 0.1) is 42.2 Å². The molecule has 2 heterocycles. The third-order valence-electron chi connectivity index (χ3n) is 5.88. The summed E-state index contributed by atoms with van der Waals surface area (Å²) in [6.45, 7) is 9.96. The van der Waals surface area contributed by atoms with Gasteiger partial charge in [0.1, 0.15) is 11.8 Å². The summed E-state index contributed by atoms with van der Waals surface area (Å²) in [6, 6.07) is 12.2. The Morgan fingerprint density at radius 2 is 1.87 bits per heavy atom. The molecule has 38 heavy (non-hydrogen) atoms. The van der Waals surface area contributed by atoms with Gasteiger partial charge in [-0.25, -0.2) is 9.79 Å². The van der Waals surface area contributed by atoms with E-state index in [1.54, 1.807) is 37.7 Å². The van der Waals surface area contributed by atoms with E-state index < -0.39 is 12.0 Å². The summed E-state index contributed by atoms with van der Waals surface area (Å²) in [6.07, 6.45) is 1.70. The van der Waals surface area contributed by atoms with E-state index in [0.29, 0.717) is 50.0 Å². The van der Waals surface area contributed by atoms with Crippen LogP contribution in [0.4, 0.5) is 0 Å². The van der Waals surface area contributed by atoms with Crippen LogP contribution in [-0.4, -0.2) is 37.0 Å². The smallest absolute Gasteiger partial charge is 0.338 e. The van der Waals surface area contributed by atoms with Gasteiger partial charge in [-0.1, -0.05) is 35.6 Å². The van der Waals surface area contributed by atoms with Gasteiger partial charge in [0.15, 0.2) is 16.3 Å². The molecule has 0 amide bonds. The Bertz CT molecular complexity index is 1550. The van der Waals surface area contributed by atoms with E-state index in [-0.39, 0.29) is 18.3 Å². The number of fused-ring (bicyclic) bond motifs is 1. The largest absolute Gasteiger partial charge is 0.493 e. The van der Waals surface area contributed by atoms with E-state index in [4.69, 9.17) is 18.9 Å². The van der Waals surface area contributed by atoms with Gasteiger partial charge < -0.3 is 18.9 Å². The molecule has 1 atom stereocenters. The van der Waals surface area contributed by atoms with E-state index >= 15 is 0 Å². The maximum absolute atomic E-state index is 13.9. The van der Waals surface area contributed by atoms with Crippen LogP contribution in [0.25, 0.3) is 6.08 Å². The molecule has 1 aromatic heterocycles. The van der Waals surface area contributed by atoms with Crippen molar-refractivity contribution in [1.82, 2.24) is 4.57 Å². The topological polar surface area (TPSA) is 88.4 Å². The van der Waals surface area contributed by atoms with Crippen molar-refractivity contribution in [3.63, 3.8) is 0 Å². The zero-order chi connectivity index (χ0) is 27.4. The molecule has 0 saturated heterocycles. The zero-order valence-corrected chi connectivity index (χ0v) is 23.3. The molecule has 0 fully saturated rings. The third-order valence-corrected chi connectivity index (χ3v) is 6.86. The van der Waals surface area contributed by atoms with Crippen LogP contribution in [0.3, 0.4) is 0 Å². The first-order valence-corrected chi connectivity index (χ1v) is 13.4. The highest BCUT2D eigenvalue weighted by Crippen LogP contribution is 2.36. The number of methoxy groups -OCH3 is 1. The number of para-hydroxylation sites is 1. The fraction of sp³-hybridized carbons (Fsp3) is 0.345. The van der Waals surface area contributed by atoms with E-state index in [0.717, 1.165) is 5.56 Å². The fourth-order valence-electron chi connectivity index (χ4n) is 4.36. The summed E-state index contributed by atoms with van der Waals surface area (Å²) in [5, 5.41) is 0. The molecule has 0 spiro atoms. The lowest BCUT2D eigenvalue weighted by atomic mass is 9.95. The van der Waals surface area contributed by atoms with Gasteiger partial charge in [-0.3, -0.25) is 9.36 Å². The average Bonchev–Trinajstić information content (AvgIpc) is 3.18. The van der Waals surface area contributed by atoms with Crippen molar-refractivity contribution in [3.8, 4) is 17.2 Å². The third kappa shape index (κ3) is 5.38. The van der Waals surface area contributed by atoms with Gasteiger partial charge in [0.25, 0.3) is 5.56 Å². The van der Waals surface area contributed by atoms with Crippen LogP contribution in [-0.2, 0) is 9.53 Å². The summed E-state index contributed by atoms with van der Waals surface area (Å²) < 4.78 is 24.6. The van der Waals surface area contributed by atoms with Gasteiger partial charge in [-0.05, 0) is 64.5 Å². The minimum atomic E-state index is -0.753. The highest BCUT2D eigenvalue weighted by atomic mass is 32.1. The highest BCUT2D eigenvalue weighted by molar-refractivity contribution is 7.07. The molecule has 200 valence electrons. The maximum Gasteiger partial charge on any atom is 0.338 e. The SMILES string of the molecule is CCOC(=O)C1=C(C)N=c2sc(=Cc3ccc(OC)c(OCC)c3)c(=O)n2C1c1ccccc1OC(C)C. The number of nitrogens with zero attached hydrogens (tertiary/aromatic N) is 2. The summed E-state index contributed by atoms with van der Waals surface area (Å²) in [4.78, 5) is 32.2. The number of esters is 1. The van der Waals surface area contributed by atoms with Crippen molar-refractivity contribution >= 4 is 23.4 Å². The number of hydrogen-bond acceptors (Lipinski definition) is 8. The quantitative estimate of drug-likeness (QED) is 0.384. The normalized spacial score (nSPS) is 15.2. The second kappa shape index (κ2) is 11.7. The van der Waals surface area contributed by atoms with Crippen LogP contribution in [0.15, 0.2) is 63.5 Å². The number of thiazole rings is 1. The Hall–Kier alpha value is -3.85. The molecular weight excluding hydrogens is 504 g/mol. The lowest BCUT2D eigenvalue weighted by Crippen LogP contribution is -2.40. The Morgan fingerprint density at radius 3 is 2.55 bits per heavy atom. The van der Waals surface area contributed by atoms with Crippen molar-refractivity contribution in [3.05, 3.63) is 84.5 Å². The molecule has 1 unspecified atom stereocenters.